The molecule has 0 spiro atoms. The zero-order valence-electron chi connectivity index (χ0n) is 17.7. The van der Waals surface area contributed by atoms with Crippen LogP contribution in [0.3, 0.4) is 0 Å². The molecular formula is C24H23N3O3S. The van der Waals surface area contributed by atoms with E-state index in [0.29, 0.717) is 11.7 Å². The number of fused-ring (bicyclic) bond motifs is 1. The lowest BCUT2D eigenvalue weighted by Crippen LogP contribution is -2.32. The van der Waals surface area contributed by atoms with Crippen LogP contribution < -0.4 is 14.4 Å². The number of hydrogen-bond donors (Lipinski definition) is 0. The van der Waals surface area contributed by atoms with Crippen LogP contribution in [0.1, 0.15) is 16.8 Å². The number of anilines is 1. The van der Waals surface area contributed by atoms with E-state index < -0.39 is 0 Å². The fourth-order valence-corrected chi connectivity index (χ4v) is 4.34. The second-order valence-corrected chi connectivity index (χ2v) is 8.12. The average molecular weight is 434 g/mol. The van der Waals surface area contributed by atoms with E-state index >= 15 is 0 Å². The molecule has 0 bridgehead atoms. The van der Waals surface area contributed by atoms with E-state index in [9.17, 15) is 4.79 Å². The minimum absolute atomic E-state index is 0.0405. The Hall–Kier alpha value is -3.45. The van der Waals surface area contributed by atoms with Crippen molar-refractivity contribution in [2.45, 2.75) is 19.9 Å². The second kappa shape index (κ2) is 9.14. The molecule has 4 aromatic rings. The lowest BCUT2D eigenvalue weighted by atomic mass is 10.1. The van der Waals surface area contributed by atoms with Crippen molar-refractivity contribution in [2.75, 3.05) is 19.1 Å². The molecule has 2 heterocycles. The summed E-state index contributed by atoms with van der Waals surface area (Å²) in [5.41, 5.74) is 3.53. The first kappa shape index (κ1) is 20.8. The Kier molecular flexibility index (Phi) is 6.13. The van der Waals surface area contributed by atoms with Gasteiger partial charge in [-0.25, -0.2) is 4.98 Å². The molecule has 31 heavy (non-hydrogen) atoms. The van der Waals surface area contributed by atoms with Gasteiger partial charge in [0.15, 0.2) is 5.13 Å². The number of carbonyl (C=O) groups excluding carboxylic acids is 1. The van der Waals surface area contributed by atoms with Crippen LogP contribution >= 0.6 is 11.3 Å². The predicted molar refractivity (Wildman–Crippen MR) is 123 cm³/mol. The highest BCUT2D eigenvalue weighted by Gasteiger charge is 2.21. The van der Waals surface area contributed by atoms with E-state index in [0.717, 1.165) is 38.5 Å². The Balaban J connectivity index is 1.67. The molecule has 7 heteroatoms. The normalized spacial score (nSPS) is 10.8. The van der Waals surface area contributed by atoms with Gasteiger partial charge in [0.25, 0.3) is 0 Å². The number of amides is 1. The van der Waals surface area contributed by atoms with Gasteiger partial charge in [-0.15, -0.1) is 0 Å². The van der Waals surface area contributed by atoms with Crippen molar-refractivity contribution >= 4 is 32.6 Å². The van der Waals surface area contributed by atoms with Crippen molar-refractivity contribution in [3.63, 3.8) is 0 Å². The molecule has 4 rings (SSSR count). The molecule has 0 saturated heterocycles. The maximum Gasteiger partial charge on any atom is 0.233 e. The van der Waals surface area contributed by atoms with Crippen LogP contribution in [0.4, 0.5) is 5.13 Å². The van der Waals surface area contributed by atoms with Gasteiger partial charge in [-0.1, -0.05) is 29.5 Å². The van der Waals surface area contributed by atoms with Crippen LogP contribution in [0.15, 0.2) is 60.8 Å². The summed E-state index contributed by atoms with van der Waals surface area (Å²) in [6, 6.07) is 17.2. The van der Waals surface area contributed by atoms with Crippen LogP contribution in [0.25, 0.3) is 10.2 Å². The zero-order chi connectivity index (χ0) is 21.8. The number of carbonyl (C=O) groups is 1. The third-order valence-electron chi connectivity index (χ3n) is 4.98. The van der Waals surface area contributed by atoms with Crippen molar-refractivity contribution in [3.8, 4) is 11.5 Å². The molecule has 6 nitrogen and oxygen atoms in total. The number of methoxy groups -OCH3 is 2. The first-order valence-electron chi connectivity index (χ1n) is 9.85. The monoisotopic (exact) mass is 433 g/mol. The van der Waals surface area contributed by atoms with Crippen LogP contribution in [0, 0.1) is 6.92 Å². The number of aryl methyl sites for hydroxylation is 1. The van der Waals surface area contributed by atoms with Gasteiger partial charge in [-0.3, -0.25) is 14.7 Å². The van der Waals surface area contributed by atoms with Crippen molar-refractivity contribution in [3.05, 3.63) is 77.6 Å². The fourth-order valence-electron chi connectivity index (χ4n) is 3.37. The Bertz CT molecular complexity index is 1210. The maximum absolute atomic E-state index is 13.4. The van der Waals surface area contributed by atoms with Crippen molar-refractivity contribution < 1.29 is 14.3 Å². The fraction of sp³-hybridized carbons (Fsp3) is 0.208. The molecule has 158 valence electrons. The first-order chi connectivity index (χ1) is 15.1. The summed E-state index contributed by atoms with van der Waals surface area (Å²) < 4.78 is 11.6. The van der Waals surface area contributed by atoms with Gasteiger partial charge in [0, 0.05) is 12.3 Å². The number of hydrogen-bond acceptors (Lipinski definition) is 6. The minimum Gasteiger partial charge on any atom is -0.497 e. The molecule has 2 aromatic carbocycles. The molecule has 0 unspecified atom stereocenters. The molecule has 0 saturated carbocycles. The lowest BCUT2D eigenvalue weighted by molar-refractivity contribution is -0.118. The molecule has 2 aromatic heterocycles. The number of nitrogens with zero attached hydrogens (tertiary/aromatic N) is 3. The number of pyridine rings is 1. The summed E-state index contributed by atoms with van der Waals surface area (Å²) in [5.74, 6) is 1.50. The summed E-state index contributed by atoms with van der Waals surface area (Å²) in [6.07, 6.45) is 1.99. The van der Waals surface area contributed by atoms with Gasteiger partial charge < -0.3 is 9.47 Å². The van der Waals surface area contributed by atoms with E-state index in [1.54, 1.807) is 25.3 Å². The van der Waals surface area contributed by atoms with Crippen LogP contribution in [0.2, 0.25) is 0 Å². The van der Waals surface area contributed by atoms with Crippen molar-refractivity contribution in [1.82, 2.24) is 9.97 Å². The van der Waals surface area contributed by atoms with Gasteiger partial charge in [-0.2, -0.15) is 0 Å². The van der Waals surface area contributed by atoms with Gasteiger partial charge in [0.05, 0.1) is 43.1 Å². The van der Waals surface area contributed by atoms with E-state index in [1.807, 2.05) is 61.5 Å². The maximum atomic E-state index is 13.4. The van der Waals surface area contributed by atoms with Crippen LogP contribution in [0.5, 0.6) is 11.5 Å². The molecule has 0 aliphatic carbocycles. The third-order valence-corrected chi connectivity index (χ3v) is 6.04. The summed E-state index contributed by atoms with van der Waals surface area (Å²) in [4.78, 5) is 24.2. The highest BCUT2D eigenvalue weighted by Crippen LogP contribution is 2.32. The molecule has 0 aliphatic heterocycles. The van der Waals surface area contributed by atoms with E-state index in [-0.39, 0.29) is 12.3 Å². The van der Waals surface area contributed by atoms with E-state index in [1.165, 1.54) is 11.3 Å². The largest absolute Gasteiger partial charge is 0.497 e. The SMILES string of the molecule is COc1ccc2sc(N(Cc3ccccn3)C(=O)Cc3ccc(OC)c(C)c3)nc2c1. The number of thiazole rings is 1. The van der Waals surface area contributed by atoms with Crippen molar-refractivity contribution in [1.29, 1.82) is 0 Å². The lowest BCUT2D eigenvalue weighted by Gasteiger charge is -2.20. The molecule has 0 radical (unpaired) electrons. The number of benzene rings is 2. The van der Waals surface area contributed by atoms with Gasteiger partial charge in [0.2, 0.25) is 5.91 Å². The molecule has 1 amide bonds. The van der Waals surface area contributed by atoms with E-state index in [4.69, 9.17) is 14.5 Å². The highest BCUT2D eigenvalue weighted by atomic mass is 32.1. The summed E-state index contributed by atoms with van der Waals surface area (Å²) >= 11 is 1.48. The second-order valence-electron chi connectivity index (χ2n) is 7.11. The van der Waals surface area contributed by atoms with Crippen LogP contribution in [-0.4, -0.2) is 30.1 Å². The van der Waals surface area contributed by atoms with E-state index in [2.05, 4.69) is 4.98 Å². The summed E-state index contributed by atoms with van der Waals surface area (Å²) in [7, 11) is 3.27. The van der Waals surface area contributed by atoms with Gasteiger partial charge >= 0.3 is 0 Å². The van der Waals surface area contributed by atoms with Gasteiger partial charge in [-0.05, 0) is 48.4 Å². The molecular weight excluding hydrogens is 410 g/mol. The molecule has 0 atom stereocenters. The zero-order valence-corrected chi connectivity index (χ0v) is 18.5. The first-order valence-corrected chi connectivity index (χ1v) is 10.7. The Labute approximate surface area is 185 Å². The smallest absolute Gasteiger partial charge is 0.233 e. The standard InChI is InChI=1S/C24H23N3O3S/c1-16-12-17(7-9-21(16)30-3)13-23(28)27(15-18-6-4-5-11-25-18)24-26-20-14-19(29-2)8-10-22(20)31-24/h4-12,14H,13,15H2,1-3H3. The Morgan fingerprint density at radius 3 is 2.65 bits per heavy atom. The van der Waals surface area contributed by atoms with Crippen LogP contribution in [-0.2, 0) is 17.8 Å². The third kappa shape index (κ3) is 4.67. The summed E-state index contributed by atoms with van der Waals surface area (Å²) in [6.45, 7) is 2.32. The quantitative estimate of drug-likeness (QED) is 0.419. The number of rotatable bonds is 7. The topological polar surface area (TPSA) is 64.5 Å². The molecule has 0 fully saturated rings. The van der Waals surface area contributed by atoms with Gasteiger partial charge in [0.1, 0.15) is 11.5 Å². The molecule has 0 aliphatic rings. The predicted octanol–water partition coefficient (Wildman–Crippen LogP) is 4.79. The number of aromatic nitrogens is 2. The Morgan fingerprint density at radius 2 is 1.94 bits per heavy atom. The molecule has 0 N–H and O–H groups in total. The number of ether oxygens (including phenoxy) is 2. The minimum atomic E-state index is -0.0405. The Morgan fingerprint density at radius 1 is 1.06 bits per heavy atom. The highest BCUT2D eigenvalue weighted by molar-refractivity contribution is 7.22. The average Bonchev–Trinajstić information content (AvgIpc) is 3.21. The summed E-state index contributed by atoms with van der Waals surface area (Å²) in [5, 5.41) is 0.643. The van der Waals surface area contributed by atoms with Crippen molar-refractivity contribution in [2.24, 2.45) is 0 Å².